The van der Waals surface area contributed by atoms with Crippen molar-refractivity contribution < 1.29 is 7.31 Å². The predicted octanol–water partition coefficient (Wildman–Crippen LogP) is 6.77. The first-order chi connectivity index (χ1) is 17.5. The van der Waals surface area contributed by atoms with E-state index in [0.717, 1.165) is 34.9 Å². The molecule has 2 aromatic heterocycles. The maximum absolute atomic E-state index is 8.99. The Hall–Kier alpha value is -3.66. The molecule has 0 radical (unpaired) electrons. The second kappa shape index (κ2) is 7.94. The third-order valence-electron chi connectivity index (χ3n) is 7.42. The molecule has 0 saturated heterocycles. The molecule has 0 saturated carbocycles. The van der Waals surface area contributed by atoms with E-state index in [4.69, 9.17) is 2.74 Å². The van der Waals surface area contributed by atoms with E-state index in [2.05, 4.69) is 75.5 Å². The van der Waals surface area contributed by atoms with Gasteiger partial charge in [-0.05, 0) is 29.7 Å². The van der Waals surface area contributed by atoms with Gasteiger partial charge in [0.15, 0.2) is 0 Å². The summed E-state index contributed by atoms with van der Waals surface area (Å²) in [7, 11) is 2.08. The second-order valence-electron chi connectivity index (χ2n) is 10.1. The molecule has 0 bridgehead atoms. The van der Waals surface area contributed by atoms with Crippen molar-refractivity contribution in [3.63, 3.8) is 0 Å². The zero-order valence-corrected chi connectivity index (χ0v) is 21.3. The van der Waals surface area contributed by atoms with Crippen molar-refractivity contribution in [3.8, 4) is 22.8 Å². The van der Waals surface area contributed by atoms with Gasteiger partial charge in [0, 0.05) is 43.6 Å². The monoisotopic (exact) mass is 463 g/mol. The normalized spacial score (nSPS) is 14.1. The van der Waals surface area contributed by atoms with Gasteiger partial charge in [-0.3, -0.25) is 0 Å². The average Bonchev–Trinajstić information content (AvgIpc) is 3.53. The van der Waals surface area contributed by atoms with Gasteiger partial charge < -0.3 is 4.57 Å². The number of imidazole rings is 2. The second-order valence-corrected chi connectivity index (χ2v) is 10.1. The van der Waals surface area contributed by atoms with Crippen molar-refractivity contribution in [1.29, 1.82) is 0 Å². The van der Waals surface area contributed by atoms with E-state index in [0.29, 0.717) is 0 Å². The molecule has 0 N–H and O–H groups in total. The molecule has 1 aliphatic rings. The zero-order valence-electron chi connectivity index (χ0n) is 23.3. The van der Waals surface area contributed by atoms with Crippen molar-refractivity contribution in [2.75, 3.05) is 0 Å². The van der Waals surface area contributed by atoms with E-state index in [9.17, 15) is 0 Å². The lowest BCUT2D eigenvalue weighted by Crippen LogP contribution is -2.30. The number of rotatable bonds is 4. The molecule has 0 amide bonds. The molecule has 6 rings (SSSR count). The Bertz CT molecular complexity index is 1660. The molecule has 176 valence electrons. The first kappa shape index (κ1) is 19.6. The Morgan fingerprint density at radius 3 is 2.26 bits per heavy atom. The summed E-state index contributed by atoms with van der Waals surface area (Å²) < 4.78 is 24.6. The quantitative estimate of drug-likeness (QED) is 0.265. The van der Waals surface area contributed by atoms with Crippen LogP contribution in [0.15, 0.2) is 67.3 Å². The minimum atomic E-state index is -0.834. The van der Waals surface area contributed by atoms with Crippen molar-refractivity contribution in [2.45, 2.75) is 52.8 Å². The van der Waals surface area contributed by atoms with Crippen molar-refractivity contribution in [3.05, 3.63) is 95.3 Å². The summed E-state index contributed by atoms with van der Waals surface area (Å²) in [6.45, 7) is 9.91. The third-order valence-corrected chi connectivity index (χ3v) is 7.42. The summed E-state index contributed by atoms with van der Waals surface area (Å²) in [4.78, 5) is 4.67. The lowest BCUT2D eigenvalue weighted by Gasteiger charge is -2.20. The van der Waals surface area contributed by atoms with Crippen LogP contribution >= 0.6 is 0 Å². The maximum atomic E-state index is 8.99. The molecule has 1 aliphatic heterocycles. The Kier molecular flexibility index (Phi) is 4.45. The topological polar surface area (TPSA) is 26.6 Å². The standard InChI is InChI=1S/C31H33N4/c1-19(2)22-12-9-13-23(20(3)4)29(22)35-17-16-33(6)31(35)28-21(5)24-10-7-8-11-25(24)30-26(28)18-27-32-14-15-34(27)30/h7-17,19-20H,18H2,1-6H3/q+1/i19D,20D. The van der Waals surface area contributed by atoms with E-state index in [-0.39, 0.29) is 0 Å². The first-order valence-electron chi connectivity index (χ1n) is 13.3. The van der Waals surface area contributed by atoms with Gasteiger partial charge in [0.1, 0.15) is 23.9 Å². The van der Waals surface area contributed by atoms with Crippen LogP contribution in [0.5, 0.6) is 0 Å². The highest BCUT2D eigenvalue weighted by Crippen LogP contribution is 2.43. The van der Waals surface area contributed by atoms with Gasteiger partial charge >= 0.3 is 0 Å². The molecule has 0 fully saturated rings. The Morgan fingerprint density at radius 1 is 0.886 bits per heavy atom. The van der Waals surface area contributed by atoms with Crippen LogP contribution in [0.3, 0.4) is 0 Å². The Balaban J connectivity index is 1.75. The molecule has 5 aromatic rings. The fraction of sp³-hybridized carbons (Fsp3) is 0.290. The fourth-order valence-electron chi connectivity index (χ4n) is 5.80. The molecule has 3 heterocycles. The van der Waals surface area contributed by atoms with Crippen LogP contribution in [0.2, 0.25) is 0 Å². The number of benzene rings is 3. The number of hydrogen-bond donors (Lipinski definition) is 0. The number of hydrogen-bond acceptors (Lipinski definition) is 1. The lowest BCUT2D eigenvalue weighted by molar-refractivity contribution is -0.659. The molecule has 4 nitrogen and oxygen atoms in total. The third kappa shape index (κ3) is 3.12. The molecule has 4 heteroatoms. The number of aromatic nitrogens is 4. The minimum absolute atomic E-state index is 0.761. The van der Waals surface area contributed by atoms with Gasteiger partial charge in [0.25, 0.3) is 5.82 Å². The summed E-state index contributed by atoms with van der Waals surface area (Å²) >= 11 is 0. The van der Waals surface area contributed by atoms with Crippen LogP contribution in [0.1, 0.15) is 70.3 Å². The number of para-hydroxylation sites is 1. The van der Waals surface area contributed by atoms with Crippen LogP contribution in [-0.4, -0.2) is 14.1 Å². The van der Waals surface area contributed by atoms with Gasteiger partial charge in [0.2, 0.25) is 0 Å². The smallest absolute Gasteiger partial charge is 0.294 e. The van der Waals surface area contributed by atoms with Crippen molar-refractivity contribution in [2.24, 2.45) is 7.05 Å². The zero-order chi connectivity index (χ0) is 26.3. The van der Waals surface area contributed by atoms with E-state index >= 15 is 0 Å². The molecule has 0 unspecified atom stereocenters. The van der Waals surface area contributed by atoms with E-state index in [1.807, 2.05) is 52.1 Å². The first-order valence-corrected chi connectivity index (χ1v) is 12.3. The SMILES string of the molecule is [2H]C(C)(C)c1cccc(C([2H])(C)C)c1-n1cc[n+](C)c1-c1c2c(c3ccccc3c1C)-n1ccnc1C2. The van der Waals surface area contributed by atoms with Gasteiger partial charge in [0.05, 0.1) is 18.3 Å². The molecule has 0 atom stereocenters. The predicted molar refractivity (Wildman–Crippen MR) is 143 cm³/mol. The molecular weight excluding hydrogens is 428 g/mol. The Morgan fingerprint density at radius 2 is 1.57 bits per heavy atom. The van der Waals surface area contributed by atoms with Gasteiger partial charge in [-0.2, -0.15) is 4.57 Å². The molecule has 0 spiro atoms. The number of nitrogens with zero attached hydrogens (tertiary/aromatic N) is 4. The van der Waals surface area contributed by atoms with Gasteiger partial charge in [-0.1, -0.05) is 70.2 Å². The summed E-state index contributed by atoms with van der Waals surface area (Å²) in [6, 6.07) is 14.7. The largest absolute Gasteiger partial charge is 0.303 e. The minimum Gasteiger partial charge on any atom is -0.303 e. The lowest BCUT2D eigenvalue weighted by atomic mass is 9.90. The highest BCUT2D eigenvalue weighted by Gasteiger charge is 2.33. The average molecular weight is 464 g/mol. The van der Waals surface area contributed by atoms with Crippen LogP contribution in [0.25, 0.3) is 33.5 Å². The number of fused-ring (bicyclic) bond motifs is 5. The number of aryl methyl sites for hydroxylation is 2. The summed E-state index contributed by atoms with van der Waals surface area (Å²) in [5, 5.41) is 2.46. The van der Waals surface area contributed by atoms with Crippen LogP contribution in [0, 0.1) is 6.92 Å². The Labute approximate surface area is 210 Å². The van der Waals surface area contributed by atoms with E-state index in [1.165, 1.54) is 33.2 Å². The fourth-order valence-corrected chi connectivity index (χ4v) is 5.80. The van der Waals surface area contributed by atoms with E-state index < -0.39 is 11.8 Å². The van der Waals surface area contributed by atoms with E-state index in [1.54, 1.807) is 0 Å². The highest BCUT2D eigenvalue weighted by molar-refractivity contribution is 6.00. The van der Waals surface area contributed by atoms with Crippen molar-refractivity contribution >= 4 is 10.8 Å². The van der Waals surface area contributed by atoms with Crippen molar-refractivity contribution in [1.82, 2.24) is 14.1 Å². The van der Waals surface area contributed by atoms with Crippen LogP contribution < -0.4 is 4.57 Å². The van der Waals surface area contributed by atoms with Gasteiger partial charge in [-0.25, -0.2) is 9.55 Å². The summed E-state index contributed by atoms with van der Waals surface area (Å²) in [5.41, 5.74) is 7.63. The summed E-state index contributed by atoms with van der Waals surface area (Å²) in [5.74, 6) is 0.430. The molecule has 3 aromatic carbocycles. The molecule has 35 heavy (non-hydrogen) atoms. The summed E-state index contributed by atoms with van der Waals surface area (Å²) in [6.07, 6.45) is 8.87. The van der Waals surface area contributed by atoms with Crippen LogP contribution in [0.4, 0.5) is 0 Å². The van der Waals surface area contributed by atoms with Crippen LogP contribution in [-0.2, 0) is 13.5 Å². The molecular formula is C31H33N4+. The molecule has 0 aliphatic carbocycles. The highest BCUT2D eigenvalue weighted by atomic mass is 15.1. The maximum Gasteiger partial charge on any atom is 0.294 e. The van der Waals surface area contributed by atoms with Gasteiger partial charge in [-0.15, -0.1) is 0 Å².